The number of benzene rings is 1. The van der Waals surface area contributed by atoms with E-state index in [1.807, 2.05) is 11.0 Å². The minimum atomic E-state index is -0.519. The van der Waals surface area contributed by atoms with Gasteiger partial charge in [0, 0.05) is 49.6 Å². The molecule has 7 rings (SSSR count). The molecule has 1 fully saturated rings. The van der Waals surface area contributed by atoms with Gasteiger partial charge in [0.05, 0.1) is 22.3 Å². The molecule has 5 heterocycles. The van der Waals surface area contributed by atoms with Crippen LogP contribution in [0.4, 0.5) is 10.3 Å². The molecule has 1 aromatic carbocycles. The van der Waals surface area contributed by atoms with Crippen molar-refractivity contribution in [1.29, 1.82) is 0 Å². The molecular formula is C20H17ClFN7O. The van der Waals surface area contributed by atoms with E-state index < -0.39 is 5.82 Å². The summed E-state index contributed by atoms with van der Waals surface area (Å²) in [6, 6.07) is 3.36. The molecule has 2 aliphatic heterocycles. The largest absolute Gasteiger partial charge is 0.345 e. The van der Waals surface area contributed by atoms with Crippen LogP contribution in [0.15, 0.2) is 34.9 Å². The maximum atomic E-state index is 15.4. The second-order valence-corrected chi connectivity index (χ2v) is 8.17. The van der Waals surface area contributed by atoms with Crippen LogP contribution in [0.25, 0.3) is 33.1 Å². The summed E-state index contributed by atoms with van der Waals surface area (Å²) in [6.07, 6.45) is 4.50. The van der Waals surface area contributed by atoms with Crippen molar-refractivity contribution in [2.24, 2.45) is 19.8 Å². The van der Waals surface area contributed by atoms with Gasteiger partial charge in [-0.05, 0) is 18.2 Å². The molecule has 0 saturated carbocycles. The topological polar surface area (TPSA) is 97.8 Å². The normalized spacial score (nSPS) is 20.3. The number of nitrogens with two attached hydrogens (primary N) is 1. The summed E-state index contributed by atoms with van der Waals surface area (Å²) >= 11 is 6.23. The van der Waals surface area contributed by atoms with Crippen LogP contribution in [-0.2, 0) is 14.1 Å². The van der Waals surface area contributed by atoms with Crippen molar-refractivity contribution in [3.63, 3.8) is 0 Å². The minimum absolute atomic E-state index is 0.0585. The zero-order valence-electron chi connectivity index (χ0n) is 16.1. The van der Waals surface area contributed by atoms with E-state index in [4.69, 9.17) is 17.3 Å². The Morgan fingerprint density at radius 3 is 2.77 bits per heavy atom. The number of nitrogens with zero attached hydrogens (tertiary/aromatic N) is 5. The van der Waals surface area contributed by atoms with Gasteiger partial charge in [0.25, 0.3) is 5.56 Å². The highest BCUT2D eigenvalue weighted by molar-refractivity contribution is 6.34. The molecule has 4 aromatic rings. The summed E-state index contributed by atoms with van der Waals surface area (Å²) in [5.41, 5.74) is 8.48. The number of nitrogens with one attached hydrogen (secondary N) is 1. The summed E-state index contributed by atoms with van der Waals surface area (Å²) in [5.74, 6) is 0.0112. The van der Waals surface area contributed by atoms with Crippen LogP contribution >= 0.6 is 11.6 Å². The van der Waals surface area contributed by atoms with Gasteiger partial charge in [0.15, 0.2) is 0 Å². The van der Waals surface area contributed by atoms with Crippen LogP contribution in [-0.4, -0.2) is 36.4 Å². The third-order valence-corrected chi connectivity index (χ3v) is 6.59. The number of aromatic amines is 1. The highest BCUT2D eigenvalue weighted by Crippen LogP contribution is 2.42. The maximum absolute atomic E-state index is 15.4. The third kappa shape index (κ3) is 2.06. The molecule has 3 N–H and O–H groups in total. The first-order chi connectivity index (χ1) is 14.4. The Hall–Kier alpha value is -3.17. The van der Waals surface area contributed by atoms with Gasteiger partial charge in [0.2, 0.25) is 5.95 Å². The van der Waals surface area contributed by atoms with Crippen LogP contribution in [0.5, 0.6) is 0 Å². The van der Waals surface area contributed by atoms with Crippen molar-refractivity contribution in [1.82, 2.24) is 24.3 Å². The van der Waals surface area contributed by atoms with Gasteiger partial charge in [-0.25, -0.2) is 4.39 Å². The molecule has 2 atom stereocenters. The first-order valence-corrected chi connectivity index (χ1v) is 9.89. The Morgan fingerprint density at radius 2 is 2.07 bits per heavy atom. The monoisotopic (exact) mass is 425 g/mol. The number of aromatic nitrogens is 5. The predicted octanol–water partition coefficient (Wildman–Crippen LogP) is 2.41. The first kappa shape index (κ1) is 17.7. The van der Waals surface area contributed by atoms with Crippen molar-refractivity contribution >= 4 is 39.5 Å². The highest BCUT2D eigenvalue weighted by atomic mass is 35.5. The number of hydrogen-bond acceptors (Lipinski definition) is 5. The molecule has 2 bridgehead atoms. The molecule has 152 valence electrons. The lowest BCUT2D eigenvalue weighted by Gasteiger charge is -2.40. The lowest BCUT2D eigenvalue weighted by atomic mass is 10.0. The van der Waals surface area contributed by atoms with Crippen LogP contribution in [0.2, 0.25) is 5.15 Å². The molecule has 0 unspecified atom stereocenters. The van der Waals surface area contributed by atoms with Crippen molar-refractivity contribution in [3.8, 4) is 11.1 Å². The third-order valence-electron chi connectivity index (χ3n) is 6.15. The highest BCUT2D eigenvalue weighted by Gasteiger charge is 2.45. The average Bonchev–Trinajstić information content (AvgIpc) is 3.43. The molecule has 0 amide bonds. The predicted molar refractivity (Wildman–Crippen MR) is 113 cm³/mol. The zero-order valence-corrected chi connectivity index (χ0v) is 16.9. The molecule has 8 nitrogen and oxygen atoms in total. The molecule has 3 aromatic heterocycles. The van der Waals surface area contributed by atoms with E-state index in [1.54, 1.807) is 32.4 Å². The molecule has 30 heavy (non-hydrogen) atoms. The van der Waals surface area contributed by atoms with E-state index in [0.717, 1.165) is 12.1 Å². The molecule has 1 saturated heterocycles. The summed E-state index contributed by atoms with van der Waals surface area (Å²) < 4.78 is 18.3. The number of halogens is 2. The lowest BCUT2D eigenvalue weighted by molar-refractivity contribution is 0.515. The smallest absolute Gasteiger partial charge is 0.264 e. The van der Waals surface area contributed by atoms with Gasteiger partial charge >= 0.3 is 0 Å². The Morgan fingerprint density at radius 1 is 1.27 bits per heavy atom. The summed E-state index contributed by atoms with van der Waals surface area (Å²) in [4.78, 5) is 23.0. The number of aryl methyl sites for hydroxylation is 1. The molecule has 0 radical (unpaired) electrons. The standard InChI is InChI=1S/C20H17ClFN7O/c1-27-19(30)14-10(9-3-4-12-15(16(9)22)17(21)28(2)26-12)7-24-18(14)25-20(27)29-8-5-11(23)13(29)6-8/h3-5,7,11,13,24H,6,23H2,1-2H3/t11-,13-/m1/s1. The van der Waals surface area contributed by atoms with Gasteiger partial charge in [-0.1, -0.05) is 11.6 Å². The SMILES string of the molecule is Cn1nc2ccc(-c3c[nH]c4nc(N5C6=C[C@@H](N)[C@H]5C6)n(C)c(=O)c34)c(F)c2c1Cl. The van der Waals surface area contributed by atoms with Gasteiger partial charge < -0.3 is 15.6 Å². The molecule has 3 aliphatic rings. The van der Waals surface area contributed by atoms with Gasteiger partial charge in [0.1, 0.15) is 16.6 Å². The summed E-state index contributed by atoms with van der Waals surface area (Å²) in [6.45, 7) is 0. The van der Waals surface area contributed by atoms with E-state index in [9.17, 15) is 4.79 Å². The van der Waals surface area contributed by atoms with Crippen molar-refractivity contribution < 1.29 is 4.39 Å². The van der Waals surface area contributed by atoms with Crippen LogP contribution in [0, 0.1) is 5.82 Å². The average molecular weight is 426 g/mol. The van der Waals surface area contributed by atoms with E-state index in [-0.39, 0.29) is 33.7 Å². The van der Waals surface area contributed by atoms with Crippen molar-refractivity contribution in [2.45, 2.75) is 18.5 Å². The fourth-order valence-corrected chi connectivity index (χ4v) is 4.79. The van der Waals surface area contributed by atoms with Crippen molar-refractivity contribution in [2.75, 3.05) is 4.90 Å². The molecule has 0 spiro atoms. The van der Waals surface area contributed by atoms with Gasteiger partial charge in [-0.3, -0.25) is 14.0 Å². The minimum Gasteiger partial charge on any atom is -0.345 e. The van der Waals surface area contributed by atoms with E-state index >= 15 is 4.39 Å². The van der Waals surface area contributed by atoms with Crippen molar-refractivity contribution in [3.05, 3.63) is 51.4 Å². The fraction of sp³-hybridized carbons (Fsp3) is 0.250. The lowest BCUT2D eigenvalue weighted by Crippen LogP contribution is -2.50. The number of fused-ring (bicyclic) bond motifs is 3. The first-order valence-electron chi connectivity index (χ1n) is 9.51. The van der Waals surface area contributed by atoms with Crippen LogP contribution in [0.3, 0.4) is 0 Å². The molecule has 10 heteroatoms. The second-order valence-electron chi connectivity index (χ2n) is 7.81. The number of rotatable bonds is 2. The fourth-order valence-electron chi connectivity index (χ4n) is 4.57. The summed E-state index contributed by atoms with van der Waals surface area (Å²) in [5, 5.41) is 4.96. The Labute approximate surface area is 174 Å². The number of H-pyrrole nitrogens is 1. The second kappa shape index (κ2) is 5.71. The number of anilines is 1. The number of hydrogen-bond donors (Lipinski definition) is 2. The Kier molecular flexibility index (Phi) is 3.36. The van der Waals surface area contributed by atoms with Gasteiger partial charge in [-0.2, -0.15) is 10.1 Å². The van der Waals surface area contributed by atoms with E-state index in [1.165, 1.54) is 9.25 Å². The van der Waals surface area contributed by atoms with Gasteiger partial charge in [-0.15, -0.1) is 0 Å². The van der Waals surface area contributed by atoms with E-state index in [2.05, 4.69) is 15.1 Å². The van der Waals surface area contributed by atoms with Crippen LogP contribution < -0.4 is 16.2 Å². The zero-order chi connectivity index (χ0) is 20.9. The Balaban J connectivity index is 1.56. The molecule has 1 aliphatic carbocycles. The quantitative estimate of drug-likeness (QED) is 0.514. The van der Waals surface area contributed by atoms with Crippen LogP contribution in [0.1, 0.15) is 6.42 Å². The Bertz CT molecular complexity index is 1480. The maximum Gasteiger partial charge on any atom is 0.264 e. The molecular weight excluding hydrogens is 409 g/mol. The van der Waals surface area contributed by atoms with E-state index in [0.29, 0.717) is 28.1 Å². The summed E-state index contributed by atoms with van der Waals surface area (Å²) in [7, 11) is 3.32.